The first-order valence-electron chi connectivity index (χ1n) is 10.2. The highest BCUT2D eigenvalue weighted by Crippen LogP contribution is 2.39. The molecule has 168 valence electrons. The largest absolute Gasteiger partial charge is 0.444 e. The number of carbonyl (C=O) groups is 2. The summed E-state index contributed by atoms with van der Waals surface area (Å²) in [6.07, 6.45) is -0.978. The summed E-state index contributed by atoms with van der Waals surface area (Å²) in [5.41, 5.74) is -0.294. The van der Waals surface area contributed by atoms with Gasteiger partial charge in [-0.2, -0.15) is 0 Å². The molecule has 0 aromatic heterocycles. The van der Waals surface area contributed by atoms with Crippen LogP contribution in [0.2, 0.25) is 5.02 Å². The van der Waals surface area contributed by atoms with Crippen molar-refractivity contribution in [3.8, 4) is 0 Å². The van der Waals surface area contributed by atoms with Gasteiger partial charge in [0.1, 0.15) is 16.7 Å². The monoisotopic (exact) mass is 438 g/mol. The third-order valence-electron chi connectivity index (χ3n) is 4.66. The van der Waals surface area contributed by atoms with Gasteiger partial charge >= 0.3 is 12.2 Å². The summed E-state index contributed by atoms with van der Waals surface area (Å²) in [5, 5.41) is 3.50. The summed E-state index contributed by atoms with van der Waals surface area (Å²) >= 11 is 6.66. The molecule has 7 heteroatoms. The molecule has 6 nitrogen and oxygen atoms in total. The van der Waals surface area contributed by atoms with Crippen LogP contribution in [0.3, 0.4) is 0 Å². The van der Waals surface area contributed by atoms with Crippen molar-refractivity contribution in [2.75, 3.05) is 13.1 Å². The number of rotatable bonds is 2. The van der Waals surface area contributed by atoms with Crippen LogP contribution in [0, 0.1) is 0 Å². The molecule has 0 spiro atoms. The molecule has 2 amide bonds. The number of hydrogen-bond donors (Lipinski definition) is 1. The second kappa shape index (κ2) is 7.95. The van der Waals surface area contributed by atoms with Crippen LogP contribution in [0.4, 0.5) is 9.59 Å². The number of likely N-dealkylation sites (tertiary alicyclic amines) is 1. The van der Waals surface area contributed by atoms with Crippen molar-refractivity contribution in [2.45, 2.75) is 84.5 Å². The zero-order valence-corrected chi connectivity index (χ0v) is 20.4. The zero-order chi connectivity index (χ0) is 23.1. The summed E-state index contributed by atoms with van der Waals surface area (Å²) in [6.45, 7) is 17.7. The summed E-state index contributed by atoms with van der Waals surface area (Å²) in [4.78, 5) is 26.6. The van der Waals surface area contributed by atoms with Crippen LogP contribution >= 0.6 is 11.6 Å². The number of amides is 2. The number of nitrogens with zero attached hydrogens (tertiary/aromatic N) is 1. The Balaban J connectivity index is 2.32. The van der Waals surface area contributed by atoms with E-state index in [0.29, 0.717) is 5.02 Å². The van der Waals surface area contributed by atoms with E-state index in [9.17, 15) is 9.59 Å². The second-order valence-electron chi connectivity index (χ2n) is 11.0. The van der Waals surface area contributed by atoms with Gasteiger partial charge < -0.3 is 19.7 Å². The van der Waals surface area contributed by atoms with Crippen molar-refractivity contribution in [1.82, 2.24) is 10.2 Å². The molecule has 1 aliphatic heterocycles. The lowest BCUT2D eigenvalue weighted by molar-refractivity contribution is -0.0229. The van der Waals surface area contributed by atoms with Gasteiger partial charge in [0.2, 0.25) is 0 Å². The molecule has 1 saturated heterocycles. The van der Waals surface area contributed by atoms with Crippen LogP contribution in [0.15, 0.2) is 18.2 Å². The number of halogens is 1. The maximum Gasteiger partial charge on any atom is 0.410 e. The first-order valence-corrected chi connectivity index (χ1v) is 10.6. The molecule has 0 radical (unpaired) electrons. The maximum atomic E-state index is 12.6. The Hall–Kier alpha value is -1.95. The van der Waals surface area contributed by atoms with Crippen LogP contribution in [-0.2, 0) is 20.4 Å². The molecule has 1 N–H and O–H groups in total. The lowest BCUT2D eigenvalue weighted by Gasteiger charge is -2.50. The van der Waals surface area contributed by atoms with Crippen LogP contribution in [0.5, 0.6) is 0 Å². The average molecular weight is 439 g/mol. The highest BCUT2D eigenvalue weighted by Gasteiger charge is 2.50. The fourth-order valence-corrected chi connectivity index (χ4v) is 3.61. The van der Waals surface area contributed by atoms with E-state index in [1.165, 1.54) is 0 Å². The second-order valence-corrected chi connectivity index (χ2v) is 11.4. The van der Waals surface area contributed by atoms with Crippen molar-refractivity contribution in [2.24, 2.45) is 0 Å². The van der Waals surface area contributed by atoms with Gasteiger partial charge in [-0.1, -0.05) is 44.5 Å². The minimum absolute atomic E-state index is 0.0594. The Kier molecular flexibility index (Phi) is 6.45. The highest BCUT2D eigenvalue weighted by molar-refractivity contribution is 6.31. The smallest absolute Gasteiger partial charge is 0.410 e. The van der Waals surface area contributed by atoms with Gasteiger partial charge in [0.05, 0.1) is 13.1 Å². The summed E-state index contributed by atoms with van der Waals surface area (Å²) in [7, 11) is 0. The minimum atomic E-state index is -0.841. The number of hydrogen-bond acceptors (Lipinski definition) is 4. The molecule has 1 aliphatic rings. The topological polar surface area (TPSA) is 67.9 Å². The molecule has 1 aromatic carbocycles. The normalized spacial score (nSPS) is 16.5. The Morgan fingerprint density at radius 1 is 0.967 bits per heavy atom. The standard InChI is InChI=1S/C23H35ClN2O4/c1-20(2,3)15-10-11-16(17(24)12-15)23(25-18(27)29-21(4,5)6)13-26(14-23)19(28)30-22(7,8)9/h10-12H,13-14H2,1-9H3,(H,25,27). The first kappa shape index (κ1) is 24.3. The van der Waals surface area contributed by atoms with Crippen molar-refractivity contribution >= 4 is 23.8 Å². The summed E-state index contributed by atoms with van der Waals surface area (Å²) in [5.74, 6) is 0. The summed E-state index contributed by atoms with van der Waals surface area (Å²) in [6, 6.07) is 5.86. The molecular weight excluding hydrogens is 404 g/mol. The van der Waals surface area contributed by atoms with E-state index in [0.717, 1.165) is 11.1 Å². The lowest BCUT2D eigenvalue weighted by Crippen LogP contribution is -2.69. The number of alkyl carbamates (subject to hydrolysis) is 1. The molecule has 1 fully saturated rings. The van der Waals surface area contributed by atoms with Gasteiger partial charge in [0.15, 0.2) is 0 Å². The van der Waals surface area contributed by atoms with Crippen molar-refractivity contribution in [1.29, 1.82) is 0 Å². The SMILES string of the molecule is CC(C)(C)OC(=O)NC1(c2ccc(C(C)(C)C)cc2Cl)CN(C(=O)OC(C)(C)C)C1. The Bertz CT molecular complexity index is 810. The molecule has 0 atom stereocenters. The third-order valence-corrected chi connectivity index (χ3v) is 4.98. The van der Waals surface area contributed by atoms with Crippen LogP contribution in [0.1, 0.15) is 73.4 Å². The number of carbonyl (C=O) groups excluding carboxylic acids is 2. The first-order chi connectivity index (χ1) is 13.4. The fourth-order valence-electron chi connectivity index (χ4n) is 3.25. The molecule has 0 aliphatic carbocycles. The third kappa shape index (κ3) is 6.03. The van der Waals surface area contributed by atoms with E-state index in [1.807, 2.05) is 39.0 Å². The quantitative estimate of drug-likeness (QED) is 0.651. The van der Waals surface area contributed by atoms with Gasteiger partial charge in [-0.15, -0.1) is 0 Å². The van der Waals surface area contributed by atoms with Crippen molar-refractivity contribution in [3.63, 3.8) is 0 Å². The van der Waals surface area contributed by atoms with E-state index in [-0.39, 0.29) is 18.5 Å². The summed E-state index contributed by atoms with van der Waals surface area (Å²) < 4.78 is 10.9. The number of ether oxygens (including phenoxy) is 2. The van der Waals surface area contributed by atoms with E-state index in [1.54, 1.807) is 25.7 Å². The van der Waals surface area contributed by atoms with Gasteiger partial charge in [-0.3, -0.25) is 0 Å². The van der Waals surface area contributed by atoms with Gasteiger partial charge in [-0.25, -0.2) is 9.59 Å². The van der Waals surface area contributed by atoms with E-state index >= 15 is 0 Å². The lowest BCUT2D eigenvalue weighted by atomic mass is 9.80. The zero-order valence-electron chi connectivity index (χ0n) is 19.6. The van der Waals surface area contributed by atoms with Crippen LogP contribution in [-0.4, -0.2) is 41.4 Å². The fraction of sp³-hybridized carbons (Fsp3) is 0.652. The molecule has 2 rings (SSSR count). The van der Waals surface area contributed by atoms with Crippen molar-refractivity contribution < 1.29 is 19.1 Å². The number of nitrogens with one attached hydrogen (secondary N) is 1. The molecule has 0 saturated carbocycles. The average Bonchev–Trinajstić information content (AvgIpc) is 2.46. The molecular formula is C23H35ClN2O4. The highest BCUT2D eigenvalue weighted by atomic mass is 35.5. The van der Waals surface area contributed by atoms with E-state index in [4.69, 9.17) is 21.1 Å². The molecule has 0 unspecified atom stereocenters. The minimum Gasteiger partial charge on any atom is -0.444 e. The van der Waals surface area contributed by atoms with Crippen molar-refractivity contribution in [3.05, 3.63) is 34.3 Å². The Morgan fingerprint density at radius 3 is 1.93 bits per heavy atom. The maximum absolute atomic E-state index is 12.6. The van der Waals surface area contributed by atoms with Gasteiger partial charge in [-0.05, 0) is 64.2 Å². The van der Waals surface area contributed by atoms with Gasteiger partial charge in [0, 0.05) is 5.02 Å². The van der Waals surface area contributed by atoms with E-state index in [2.05, 4.69) is 26.1 Å². The van der Waals surface area contributed by atoms with Crippen LogP contribution in [0.25, 0.3) is 0 Å². The molecule has 1 heterocycles. The molecule has 1 aromatic rings. The predicted molar refractivity (Wildman–Crippen MR) is 119 cm³/mol. The number of benzene rings is 1. The van der Waals surface area contributed by atoms with E-state index < -0.39 is 28.9 Å². The Labute approximate surface area is 185 Å². The molecule has 0 bridgehead atoms. The van der Waals surface area contributed by atoms with Crippen LogP contribution < -0.4 is 5.32 Å². The predicted octanol–water partition coefficient (Wildman–Crippen LogP) is 5.61. The molecule has 30 heavy (non-hydrogen) atoms. The Morgan fingerprint density at radius 2 is 1.50 bits per heavy atom. The van der Waals surface area contributed by atoms with Gasteiger partial charge in [0.25, 0.3) is 0 Å².